The summed E-state index contributed by atoms with van der Waals surface area (Å²) in [6, 6.07) is 0.338. The van der Waals surface area contributed by atoms with Crippen molar-refractivity contribution in [1.29, 1.82) is 0 Å². The van der Waals surface area contributed by atoms with Gasteiger partial charge in [-0.15, -0.1) is 0 Å². The van der Waals surface area contributed by atoms with E-state index in [4.69, 9.17) is 5.73 Å². The summed E-state index contributed by atoms with van der Waals surface area (Å²) < 4.78 is 2.00. The van der Waals surface area contributed by atoms with Gasteiger partial charge in [-0.1, -0.05) is 6.92 Å². The molecule has 2 heterocycles. The first-order chi connectivity index (χ1) is 6.79. The van der Waals surface area contributed by atoms with Crippen molar-refractivity contribution in [2.75, 3.05) is 18.0 Å². The Hall–Kier alpha value is -1.03. The molecule has 2 N–H and O–H groups in total. The van der Waals surface area contributed by atoms with E-state index in [0.717, 1.165) is 32.5 Å². The zero-order valence-corrected chi connectivity index (χ0v) is 8.69. The van der Waals surface area contributed by atoms with E-state index in [1.54, 1.807) is 0 Å². The summed E-state index contributed by atoms with van der Waals surface area (Å²) in [6.07, 6.45) is 6.27. The van der Waals surface area contributed by atoms with Crippen molar-refractivity contribution in [1.82, 2.24) is 9.78 Å². The van der Waals surface area contributed by atoms with E-state index in [1.165, 1.54) is 5.69 Å². The molecule has 0 radical (unpaired) electrons. The van der Waals surface area contributed by atoms with E-state index in [-0.39, 0.29) is 0 Å². The Morgan fingerprint density at radius 1 is 1.64 bits per heavy atom. The topological polar surface area (TPSA) is 47.1 Å². The van der Waals surface area contributed by atoms with Gasteiger partial charge in [0.1, 0.15) is 0 Å². The third-order valence-corrected chi connectivity index (χ3v) is 2.66. The minimum atomic E-state index is 0.338. The second kappa shape index (κ2) is 4.00. The second-order valence-corrected chi connectivity index (χ2v) is 3.96. The standard InChI is InChI=1S/C10H18N4/c1-2-4-14-8-10(6-12-14)13-5-3-9(11)7-13/h6,8-9H,2-5,7,11H2,1H3. The van der Waals surface area contributed by atoms with Crippen LogP contribution in [0.5, 0.6) is 0 Å². The molecule has 2 rings (SSSR count). The average molecular weight is 194 g/mol. The molecule has 1 atom stereocenters. The van der Waals surface area contributed by atoms with Crippen molar-refractivity contribution in [3.05, 3.63) is 12.4 Å². The third kappa shape index (κ3) is 1.90. The predicted octanol–water partition coefficient (Wildman–Crippen LogP) is 0.830. The number of aryl methyl sites for hydroxylation is 1. The molecular formula is C10H18N4. The van der Waals surface area contributed by atoms with Crippen LogP contribution in [-0.2, 0) is 6.54 Å². The molecule has 1 aromatic heterocycles. The van der Waals surface area contributed by atoms with Crippen LogP contribution < -0.4 is 10.6 Å². The van der Waals surface area contributed by atoms with Crippen LogP contribution in [-0.4, -0.2) is 28.9 Å². The highest BCUT2D eigenvalue weighted by atomic mass is 15.3. The van der Waals surface area contributed by atoms with Crippen LogP contribution in [0.15, 0.2) is 12.4 Å². The molecule has 1 fully saturated rings. The van der Waals surface area contributed by atoms with Crippen molar-refractivity contribution in [3.8, 4) is 0 Å². The van der Waals surface area contributed by atoms with Crippen molar-refractivity contribution < 1.29 is 0 Å². The van der Waals surface area contributed by atoms with Gasteiger partial charge in [0.25, 0.3) is 0 Å². The summed E-state index contributed by atoms with van der Waals surface area (Å²) >= 11 is 0. The molecule has 1 aliphatic heterocycles. The fourth-order valence-corrected chi connectivity index (χ4v) is 1.89. The van der Waals surface area contributed by atoms with Gasteiger partial charge in [0.15, 0.2) is 0 Å². The van der Waals surface area contributed by atoms with E-state index in [1.807, 2.05) is 10.9 Å². The Morgan fingerprint density at radius 2 is 2.50 bits per heavy atom. The largest absolute Gasteiger partial charge is 0.367 e. The van der Waals surface area contributed by atoms with Crippen molar-refractivity contribution in [2.24, 2.45) is 5.73 Å². The normalized spacial score (nSPS) is 21.9. The smallest absolute Gasteiger partial charge is 0.0753 e. The lowest BCUT2D eigenvalue weighted by Crippen LogP contribution is -2.25. The average Bonchev–Trinajstić information content (AvgIpc) is 2.74. The summed E-state index contributed by atoms with van der Waals surface area (Å²) in [5.41, 5.74) is 7.07. The quantitative estimate of drug-likeness (QED) is 0.775. The van der Waals surface area contributed by atoms with Gasteiger partial charge in [-0.05, 0) is 12.8 Å². The van der Waals surface area contributed by atoms with E-state index in [0.29, 0.717) is 6.04 Å². The SMILES string of the molecule is CCCn1cc(N2CCC(N)C2)cn1. The Balaban J connectivity index is 2.02. The maximum Gasteiger partial charge on any atom is 0.0753 e. The molecule has 1 saturated heterocycles. The van der Waals surface area contributed by atoms with E-state index >= 15 is 0 Å². The first kappa shape index (κ1) is 9.52. The van der Waals surface area contributed by atoms with Crippen LogP contribution in [0.2, 0.25) is 0 Å². The molecule has 78 valence electrons. The number of hydrogen-bond donors (Lipinski definition) is 1. The highest BCUT2D eigenvalue weighted by Crippen LogP contribution is 2.18. The molecule has 4 nitrogen and oxygen atoms in total. The zero-order valence-electron chi connectivity index (χ0n) is 8.69. The first-order valence-corrected chi connectivity index (χ1v) is 5.32. The maximum atomic E-state index is 5.86. The van der Waals surface area contributed by atoms with Gasteiger partial charge in [0.2, 0.25) is 0 Å². The number of hydrogen-bond acceptors (Lipinski definition) is 3. The molecule has 0 spiro atoms. The third-order valence-electron chi connectivity index (χ3n) is 2.66. The molecule has 0 saturated carbocycles. The van der Waals surface area contributed by atoms with Crippen LogP contribution in [0.1, 0.15) is 19.8 Å². The number of nitrogens with two attached hydrogens (primary N) is 1. The monoisotopic (exact) mass is 194 g/mol. The highest BCUT2D eigenvalue weighted by molar-refractivity contribution is 5.43. The number of rotatable bonds is 3. The second-order valence-electron chi connectivity index (χ2n) is 3.96. The van der Waals surface area contributed by atoms with Gasteiger partial charge in [-0.25, -0.2) is 0 Å². The number of anilines is 1. The molecule has 1 aliphatic rings. The van der Waals surface area contributed by atoms with Crippen LogP contribution in [0.25, 0.3) is 0 Å². The molecule has 14 heavy (non-hydrogen) atoms. The molecule has 0 amide bonds. The maximum absolute atomic E-state index is 5.86. The molecule has 0 bridgehead atoms. The summed E-state index contributed by atoms with van der Waals surface area (Å²) in [5, 5.41) is 4.31. The fourth-order valence-electron chi connectivity index (χ4n) is 1.89. The number of nitrogens with zero attached hydrogens (tertiary/aromatic N) is 3. The van der Waals surface area contributed by atoms with Crippen LogP contribution in [0.4, 0.5) is 5.69 Å². The lowest BCUT2D eigenvalue weighted by molar-refractivity contribution is 0.602. The van der Waals surface area contributed by atoms with Gasteiger partial charge in [-0.2, -0.15) is 5.10 Å². The molecule has 1 unspecified atom stereocenters. The van der Waals surface area contributed by atoms with Crippen molar-refractivity contribution >= 4 is 5.69 Å². The summed E-state index contributed by atoms with van der Waals surface area (Å²) in [7, 11) is 0. The lowest BCUT2D eigenvalue weighted by atomic mass is 10.3. The van der Waals surface area contributed by atoms with Gasteiger partial charge in [0, 0.05) is 31.9 Å². The Labute approximate surface area is 84.7 Å². The number of aromatic nitrogens is 2. The van der Waals surface area contributed by atoms with E-state index in [9.17, 15) is 0 Å². The fraction of sp³-hybridized carbons (Fsp3) is 0.700. The van der Waals surface area contributed by atoms with Crippen LogP contribution in [0.3, 0.4) is 0 Å². The summed E-state index contributed by atoms with van der Waals surface area (Å²) in [6.45, 7) is 5.20. The predicted molar refractivity (Wildman–Crippen MR) is 57.3 cm³/mol. The Kier molecular flexibility index (Phi) is 2.72. The highest BCUT2D eigenvalue weighted by Gasteiger charge is 2.19. The van der Waals surface area contributed by atoms with Gasteiger partial charge >= 0.3 is 0 Å². The van der Waals surface area contributed by atoms with Gasteiger partial charge < -0.3 is 10.6 Å². The molecule has 1 aromatic rings. The van der Waals surface area contributed by atoms with Crippen molar-refractivity contribution in [2.45, 2.75) is 32.4 Å². The minimum absolute atomic E-state index is 0.338. The molecular weight excluding hydrogens is 176 g/mol. The van der Waals surface area contributed by atoms with E-state index < -0.39 is 0 Å². The van der Waals surface area contributed by atoms with Gasteiger partial charge in [-0.3, -0.25) is 4.68 Å². The summed E-state index contributed by atoms with van der Waals surface area (Å²) in [4.78, 5) is 2.31. The Bertz CT molecular complexity index is 294. The minimum Gasteiger partial charge on any atom is -0.367 e. The summed E-state index contributed by atoms with van der Waals surface area (Å²) in [5.74, 6) is 0. The lowest BCUT2D eigenvalue weighted by Gasteiger charge is -2.14. The molecule has 0 aliphatic carbocycles. The zero-order chi connectivity index (χ0) is 9.97. The Morgan fingerprint density at radius 3 is 3.14 bits per heavy atom. The van der Waals surface area contributed by atoms with Crippen LogP contribution >= 0.6 is 0 Å². The van der Waals surface area contributed by atoms with Crippen LogP contribution in [0, 0.1) is 0 Å². The first-order valence-electron chi connectivity index (χ1n) is 5.32. The van der Waals surface area contributed by atoms with Crippen molar-refractivity contribution in [3.63, 3.8) is 0 Å². The van der Waals surface area contributed by atoms with E-state index in [2.05, 4.69) is 23.1 Å². The van der Waals surface area contributed by atoms with Gasteiger partial charge in [0.05, 0.1) is 11.9 Å². The molecule has 0 aromatic carbocycles. The molecule has 4 heteroatoms.